The number of hydrogen-bond acceptors (Lipinski definition) is 5. The predicted molar refractivity (Wildman–Crippen MR) is 121 cm³/mol. The highest BCUT2D eigenvalue weighted by molar-refractivity contribution is 6.32. The number of aliphatic carboxylic acids is 1. The van der Waals surface area contributed by atoms with Crippen molar-refractivity contribution in [1.82, 2.24) is 16.2 Å². The van der Waals surface area contributed by atoms with Crippen LogP contribution in [0.25, 0.3) is 11.1 Å². The molecule has 178 valence electrons. The Kier molecular flexibility index (Phi) is 6.72. The molecule has 0 heterocycles. The summed E-state index contributed by atoms with van der Waals surface area (Å²) in [5.74, 6) is -5.50. The van der Waals surface area contributed by atoms with Crippen LogP contribution in [0.2, 0.25) is 0 Å². The molecule has 1 unspecified atom stereocenters. The molecule has 0 aliphatic heterocycles. The third-order valence-electron chi connectivity index (χ3n) is 5.58. The molecule has 4 rings (SSSR count). The lowest BCUT2D eigenvalue weighted by Gasteiger charge is -2.19. The summed E-state index contributed by atoms with van der Waals surface area (Å²) in [6.45, 7) is -0.0117. The second-order valence-electron chi connectivity index (χ2n) is 7.67. The van der Waals surface area contributed by atoms with E-state index in [0.29, 0.717) is 0 Å². The normalized spacial score (nSPS) is 12.6. The molecule has 3 aromatic carbocycles. The highest BCUT2D eigenvalue weighted by Gasteiger charge is 2.30. The number of benzene rings is 3. The lowest BCUT2D eigenvalue weighted by Crippen LogP contribution is -2.49. The highest BCUT2D eigenvalue weighted by Crippen LogP contribution is 2.44. The first-order valence-electron chi connectivity index (χ1n) is 10.6. The maximum atomic E-state index is 14.2. The van der Waals surface area contributed by atoms with Gasteiger partial charge in [0.25, 0.3) is 5.91 Å². The number of carbonyl (C=O) groups is 4. The monoisotopic (exact) mass is 477 g/mol. The van der Waals surface area contributed by atoms with Crippen LogP contribution in [0, 0.1) is 5.82 Å². The second-order valence-corrected chi connectivity index (χ2v) is 7.67. The van der Waals surface area contributed by atoms with Crippen molar-refractivity contribution in [2.24, 2.45) is 0 Å². The van der Waals surface area contributed by atoms with Gasteiger partial charge in [-0.3, -0.25) is 15.0 Å². The van der Waals surface area contributed by atoms with Gasteiger partial charge < -0.3 is 15.2 Å². The Morgan fingerprint density at radius 2 is 1.43 bits per heavy atom. The Balaban J connectivity index is 1.40. The number of carboxylic acids is 1. The van der Waals surface area contributed by atoms with Crippen molar-refractivity contribution in [2.45, 2.75) is 12.0 Å². The molecule has 0 bridgehead atoms. The minimum atomic E-state index is -1.86. The maximum absolute atomic E-state index is 14.2. The molecule has 4 N–H and O–H groups in total. The standard InChI is InChI=1S/C25H20FN3O6/c26-20-12-6-5-11-18(20)21(27-23(31)24(32)33)22(30)28-29-25(34)35-13-19-16-9-3-1-7-14(16)15-8-2-4-10-17(15)19/h1-12,19,21H,13H2,(H,27,31)(H,28,30)(H,29,34)(H,32,33). The summed E-state index contributed by atoms with van der Waals surface area (Å²) >= 11 is 0. The molecule has 0 aromatic heterocycles. The number of carbonyl (C=O) groups excluding carboxylic acids is 3. The van der Waals surface area contributed by atoms with Crippen molar-refractivity contribution >= 4 is 23.9 Å². The van der Waals surface area contributed by atoms with Crippen LogP contribution in [0.5, 0.6) is 0 Å². The van der Waals surface area contributed by atoms with Crippen LogP contribution in [-0.2, 0) is 19.1 Å². The molecule has 1 aliphatic rings. The van der Waals surface area contributed by atoms with E-state index in [0.717, 1.165) is 28.3 Å². The smallest absolute Gasteiger partial charge is 0.426 e. The van der Waals surface area contributed by atoms with Crippen molar-refractivity contribution in [2.75, 3.05) is 6.61 Å². The fraction of sp³-hybridized carbons (Fsp3) is 0.120. The second kappa shape index (κ2) is 10.0. The number of hydrogen-bond donors (Lipinski definition) is 4. The molecule has 0 saturated heterocycles. The average Bonchev–Trinajstić information content (AvgIpc) is 3.18. The van der Waals surface area contributed by atoms with Gasteiger partial charge in [0.15, 0.2) is 0 Å². The Hall–Kier alpha value is -4.73. The zero-order valence-corrected chi connectivity index (χ0v) is 18.2. The Labute approximate surface area is 198 Å². The van der Waals surface area contributed by atoms with Crippen LogP contribution in [0.4, 0.5) is 9.18 Å². The number of rotatable bonds is 5. The fourth-order valence-electron chi connectivity index (χ4n) is 4.01. The van der Waals surface area contributed by atoms with E-state index in [1.54, 1.807) is 0 Å². The Bertz CT molecular complexity index is 1270. The number of carboxylic acid groups (broad SMARTS) is 1. The van der Waals surface area contributed by atoms with E-state index < -0.39 is 35.7 Å². The number of nitrogens with one attached hydrogen (secondary N) is 3. The first kappa shape index (κ1) is 23.4. The number of ether oxygens (including phenoxy) is 1. The van der Waals surface area contributed by atoms with Gasteiger partial charge in [0.1, 0.15) is 18.5 Å². The zero-order chi connectivity index (χ0) is 24.9. The number of amides is 3. The summed E-state index contributed by atoms with van der Waals surface area (Å²) in [6, 6.07) is 18.8. The zero-order valence-electron chi connectivity index (χ0n) is 18.2. The molecule has 0 saturated carbocycles. The van der Waals surface area contributed by atoms with Gasteiger partial charge in [-0.05, 0) is 28.3 Å². The van der Waals surface area contributed by atoms with Crippen LogP contribution >= 0.6 is 0 Å². The molecule has 1 aliphatic carbocycles. The highest BCUT2D eigenvalue weighted by atomic mass is 19.1. The summed E-state index contributed by atoms with van der Waals surface area (Å²) < 4.78 is 19.5. The Morgan fingerprint density at radius 3 is 2.03 bits per heavy atom. The summed E-state index contributed by atoms with van der Waals surface area (Å²) in [6.07, 6.45) is -0.989. The lowest BCUT2D eigenvalue weighted by atomic mass is 9.98. The fourth-order valence-corrected chi connectivity index (χ4v) is 4.01. The molecule has 10 heteroatoms. The van der Waals surface area contributed by atoms with Gasteiger partial charge in [-0.15, -0.1) is 0 Å². The van der Waals surface area contributed by atoms with E-state index in [4.69, 9.17) is 9.84 Å². The summed E-state index contributed by atoms with van der Waals surface area (Å²) in [4.78, 5) is 47.4. The van der Waals surface area contributed by atoms with Crippen LogP contribution in [0.15, 0.2) is 72.8 Å². The van der Waals surface area contributed by atoms with E-state index in [1.807, 2.05) is 64.7 Å². The summed E-state index contributed by atoms with van der Waals surface area (Å²) in [5.41, 5.74) is 7.89. The molecule has 0 fully saturated rings. The SMILES string of the molecule is O=C(NNC(=O)C(NC(=O)C(=O)O)c1ccccc1F)OCC1c2ccccc2-c2ccccc21. The van der Waals surface area contributed by atoms with Gasteiger partial charge in [0.2, 0.25) is 0 Å². The van der Waals surface area contributed by atoms with Gasteiger partial charge in [0.05, 0.1) is 0 Å². The number of fused-ring (bicyclic) bond motifs is 3. The van der Waals surface area contributed by atoms with E-state index in [1.165, 1.54) is 18.2 Å². The largest absolute Gasteiger partial charge is 0.474 e. The first-order chi connectivity index (χ1) is 16.9. The van der Waals surface area contributed by atoms with Gasteiger partial charge in [-0.1, -0.05) is 66.7 Å². The van der Waals surface area contributed by atoms with Crippen molar-refractivity contribution in [3.8, 4) is 11.1 Å². The number of halogens is 1. The van der Waals surface area contributed by atoms with Crippen LogP contribution < -0.4 is 16.2 Å². The van der Waals surface area contributed by atoms with E-state index in [-0.39, 0.29) is 18.1 Å². The maximum Gasteiger partial charge on any atom is 0.426 e. The summed E-state index contributed by atoms with van der Waals surface area (Å²) in [7, 11) is 0. The van der Waals surface area contributed by atoms with E-state index in [2.05, 4.69) is 0 Å². The molecular weight excluding hydrogens is 457 g/mol. The summed E-state index contributed by atoms with van der Waals surface area (Å²) in [5, 5.41) is 10.7. The van der Waals surface area contributed by atoms with E-state index in [9.17, 15) is 23.6 Å². The molecule has 1 atom stereocenters. The van der Waals surface area contributed by atoms with Crippen molar-refractivity contribution in [1.29, 1.82) is 0 Å². The molecule has 35 heavy (non-hydrogen) atoms. The molecule has 0 spiro atoms. The minimum absolute atomic E-state index is 0.0117. The topological polar surface area (TPSA) is 134 Å². The van der Waals surface area contributed by atoms with Crippen molar-refractivity contribution in [3.05, 3.63) is 95.3 Å². The van der Waals surface area contributed by atoms with Crippen LogP contribution in [-0.4, -0.2) is 35.6 Å². The predicted octanol–water partition coefficient (Wildman–Crippen LogP) is 2.64. The number of hydrazine groups is 1. The van der Waals surface area contributed by atoms with E-state index >= 15 is 0 Å². The third-order valence-corrected chi connectivity index (χ3v) is 5.58. The van der Waals surface area contributed by atoms with Gasteiger partial charge in [0, 0.05) is 11.5 Å². The van der Waals surface area contributed by atoms with Crippen LogP contribution in [0.1, 0.15) is 28.7 Å². The van der Waals surface area contributed by atoms with Gasteiger partial charge in [-0.2, -0.15) is 0 Å². The first-order valence-corrected chi connectivity index (χ1v) is 10.6. The molecule has 3 amide bonds. The molecule has 3 aromatic rings. The minimum Gasteiger partial charge on any atom is -0.474 e. The van der Waals surface area contributed by atoms with Crippen LogP contribution in [0.3, 0.4) is 0 Å². The lowest BCUT2D eigenvalue weighted by molar-refractivity contribution is -0.151. The van der Waals surface area contributed by atoms with Gasteiger partial charge in [-0.25, -0.2) is 19.4 Å². The van der Waals surface area contributed by atoms with Gasteiger partial charge >= 0.3 is 18.0 Å². The molecule has 9 nitrogen and oxygen atoms in total. The molecule has 0 radical (unpaired) electrons. The van der Waals surface area contributed by atoms with Crippen molar-refractivity contribution < 1.29 is 33.4 Å². The Morgan fingerprint density at radius 1 is 0.857 bits per heavy atom. The third kappa shape index (κ3) is 4.96. The molecular formula is C25H20FN3O6. The van der Waals surface area contributed by atoms with Crippen molar-refractivity contribution in [3.63, 3.8) is 0 Å². The average molecular weight is 477 g/mol. The quantitative estimate of drug-likeness (QED) is 0.330.